The molecule has 220 valence electrons. The molecule has 1 unspecified atom stereocenters. The van der Waals surface area contributed by atoms with Crippen LogP contribution in [0.25, 0.3) is 0 Å². The van der Waals surface area contributed by atoms with Crippen LogP contribution in [0.2, 0.25) is 0 Å². The Morgan fingerprint density at radius 2 is 1.80 bits per heavy atom. The zero-order chi connectivity index (χ0) is 29.5. The number of nitrogens with one attached hydrogen (secondary N) is 1. The third-order valence-electron chi connectivity index (χ3n) is 6.34. The molecule has 2 aliphatic heterocycles. The van der Waals surface area contributed by atoms with Crippen LogP contribution in [0.1, 0.15) is 65.0 Å². The van der Waals surface area contributed by atoms with Crippen molar-refractivity contribution in [3.63, 3.8) is 0 Å². The first-order chi connectivity index (χ1) is 18.9. The Bertz CT molecular complexity index is 1280. The largest absolute Gasteiger partial charge is 0.487 e. The standard InChI is InChI=1S/C27H34FN3O6S.C2H6/c1-27(2,3)37-26(33)30-12-8-7-11-20(16-30)13-21-14-22(28)25(31-17-24(32)29-38(31,34)35)23(15-21)36-18-19-9-5-4-6-10-19;1-2/h4-6,9-10,14-15,20H,7-8,11-13,16-18H2,1-3H3,(H,29,32);1-2H3. The van der Waals surface area contributed by atoms with Crippen molar-refractivity contribution in [3.8, 4) is 5.75 Å². The van der Waals surface area contributed by atoms with Crippen molar-refractivity contribution in [3.05, 3.63) is 59.4 Å². The van der Waals surface area contributed by atoms with Crippen molar-refractivity contribution in [1.29, 1.82) is 0 Å². The van der Waals surface area contributed by atoms with E-state index >= 15 is 4.39 Å². The van der Waals surface area contributed by atoms with E-state index in [1.165, 1.54) is 6.07 Å². The van der Waals surface area contributed by atoms with E-state index in [-0.39, 0.29) is 30.1 Å². The minimum atomic E-state index is -4.24. The van der Waals surface area contributed by atoms with Gasteiger partial charge in [0.05, 0.1) is 0 Å². The summed E-state index contributed by atoms with van der Waals surface area (Å²) in [7, 11) is -4.24. The van der Waals surface area contributed by atoms with Crippen LogP contribution in [0, 0.1) is 11.7 Å². The maximum absolute atomic E-state index is 15.6. The minimum Gasteiger partial charge on any atom is -0.487 e. The normalized spacial score (nSPS) is 18.8. The molecule has 2 amide bonds. The molecule has 2 saturated heterocycles. The fourth-order valence-corrected chi connectivity index (χ4v) is 5.87. The fourth-order valence-electron chi connectivity index (χ4n) is 4.70. The van der Waals surface area contributed by atoms with Crippen molar-refractivity contribution in [1.82, 2.24) is 9.62 Å². The summed E-state index contributed by atoms with van der Waals surface area (Å²) in [6.45, 7) is 10.1. The number of carbonyl (C=O) groups excluding carboxylic acids is 2. The summed E-state index contributed by atoms with van der Waals surface area (Å²) in [5.41, 5.74) is 0.523. The number of amides is 2. The van der Waals surface area contributed by atoms with Gasteiger partial charge < -0.3 is 14.4 Å². The van der Waals surface area contributed by atoms with Gasteiger partial charge in [-0.1, -0.05) is 50.6 Å². The smallest absolute Gasteiger partial charge is 0.410 e. The van der Waals surface area contributed by atoms with E-state index in [0.29, 0.717) is 29.4 Å². The number of ether oxygens (including phenoxy) is 2. The third-order valence-corrected chi connectivity index (χ3v) is 7.72. The Kier molecular flexibility index (Phi) is 10.4. The maximum atomic E-state index is 15.6. The van der Waals surface area contributed by atoms with E-state index in [0.717, 1.165) is 24.8 Å². The van der Waals surface area contributed by atoms with Gasteiger partial charge in [-0.05, 0) is 69.2 Å². The Hall–Kier alpha value is -3.34. The summed E-state index contributed by atoms with van der Waals surface area (Å²) in [4.78, 5) is 26.2. The second-order valence-electron chi connectivity index (χ2n) is 10.7. The van der Waals surface area contributed by atoms with Crippen molar-refractivity contribution in [2.24, 2.45) is 5.92 Å². The lowest BCUT2D eigenvalue weighted by Gasteiger charge is -2.28. The molecule has 2 aliphatic rings. The first-order valence-electron chi connectivity index (χ1n) is 13.7. The SMILES string of the molecule is CC.CC(C)(C)OC(=O)N1CCCCC(Cc2cc(F)c(N3CC(=O)NS3(=O)=O)c(OCc3ccccc3)c2)C1. The predicted octanol–water partition coefficient (Wildman–Crippen LogP) is 5.19. The van der Waals surface area contributed by atoms with Gasteiger partial charge in [-0.3, -0.25) is 4.79 Å². The molecule has 11 heteroatoms. The quantitative estimate of drug-likeness (QED) is 0.507. The summed E-state index contributed by atoms with van der Waals surface area (Å²) in [5, 5.41) is 0. The van der Waals surface area contributed by atoms with E-state index in [1.807, 2.05) is 69.7 Å². The number of carbonyl (C=O) groups is 2. The van der Waals surface area contributed by atoms with Gasteiger partial charge in [-0.25, -0.2) is 18.2 Å². The van der Waals surface area contributed by atoms with E-state index in [9.17, 15) is 18.0 Å². The summed E-state index contributed by atoms with van der Waals surface area (Å²) < 4.78 is 54.7. The summed E-state index contributed by atoms with van der Waals surface area (Å²) in [6, 6.07) is 12.1. The molecular formula is C29H40FN3O6S. The number of halogens is 1. The molecule has 0 radical (unpaired) electrons. The lowest BCUT2D eigenvalue weighted by molar-refractivity contribution is -0.117. The number of benzene rings is 2. The average Bonchev–Trinajstić information content (AvgIpc) is 3.02. The number of rotatable bonds is 6. The van der Waals surface area contributed by atoms with Crippen LogP contribution in [-0.2, 0) is 32.8 Å². The number of likely N-dealkylation sites (tertiary alicyclic amines) is 1. The van der Waals surface area contributed by atoms with Crippen molar-refractivity contribution in [2.45, 2.75) is 72.5 Å². The van der Waals surface area contributed by atoms with Crippen LogP contribution in [0.4, 0.5) is 14.9 Å². The summed E-state index contributed by atoms with van der Waals surface area (Å²) in [5.74, 6) is -1.47. The van der Waals surface area contributed by atoms with Crippen molar-refractivity contribution in [2.75, 3.05) is 23.9 Å². The molecule has 1 N–H and O–H groups in total. The van der Waals surface area contributed by atoms with Crippen LogP contribution in [0.3, 0.4) is 0 Å². The molecule has 0 aliphatic carbocycles. The molecule has 0 aromatic heterocycles. The Balaban J connectivity index is 0.00000216. The van der Waals surface area contributed by atoms with Gasteiger partial charge in [0, 0.05) is 13.1 Å². The Labute approximate surface area is 236 Å². The Morgan fingerprint density at radius 3 is 2.42 bits per heavy atom. The number of anilines is 1. The molecule has 40 heavy (non-hydrogen) atoms. The molecule has 0 saturated carbocycles. The molecule has 2 aromatic rings. The first-order valence-corrected chi connectivity index (χ1v) is 15.2. The zero-order valence-electron chi connectivity index (χ0n) is 23.9. The highest BCUT2D eigenvalue weighted by molar-refractivity contribution is 7.92. The third kappa shape index (κ3) is 8.33. The molecule has 0 bridgehead atoms. The lowest BCUT2D eigenvalue weighted by atomic mass is 9.94. The van der Waals surface area contributed by atoms with E-state index in [4.69, 9.17) is 9.47 Å². The van der Waals surface area contributed by atoms with Crippen LogP contribution >= 0.6 is 0 Å². The highest BCUT2D eigenvalue weighted by Gasteiger charge is 2.38. The molecule has 1 atom stereocenters. The van der Waals surface area contributed by atoms with Gasteiger partial charge in [0.15, 0.2) is 5.82 Å². The monoisotopic (exact) mass is 577 g/mol. The van der Waals surface area contributed by atoms with Crippen molar-refractivity contribution < 1.29 is 31.9 Å². The molecule has 2 fully saturated rings. The van der Waals surface area contributed by atoms with Crippen LogP contribution < -0.4 is 13.8 Å². The van der Waals surface area contributed by atoms with Crippen LogP contribution in [0.15, 0.2) is 42.5 Å². The van der Waals surface area contributed by atoms with Gasteiger partial charge in [-0.2, -0.15) is 8.42 Å². The maximum Gasteiger partial charge on any atom is 0.410 e. The fraction of sp³-hybridized carbons (Fsp3) is 0.517. The second kappa shape index (κ2) is 13.3. The Morgan fingerprint density at radius 1 is 1.10 bits per heavy atom. The first kappa shape index (κ1) is 31.2. The van der Waals surface area contributed by atoms with Gasteiger partial charge in [0.2, 0.25) is 0 Å². The van der Waals surface area contributed by atoms with E-state index in [1.54, 1.807) is 11.0 Å². The summed E-state index contributed by atoms with van der Waals surface area (Å²) >= 11 is 0. The number of hydrogen-bond donors (Lipinski definition) is 1. The molecular weight excluding hydrogens is 537 g/mol. The van der Waals surface area contributed by atoms with Gasteiger partial charge in [-0.15, -0.1) is 0 Å². The topological polar surface area (TPSA) is 105 Å². The molecule has 4 rings (SSSR count). The second-order valence-corrected chi connectivity index (χ2v) is 12.3. The summed E-state index contributed by atoms with van der Waals surface area (Å²) in [6.07, 6.45) is 2.71. The zero-order valence-corrected chi connectivity index (χ0v) is 24.7. The highest BCUT2D eigenvalue weighted by atomic mass is 32.2. The minimum absolute atomic E-state index is 0.0292. The number of nitrogens with zero attached hydrogens (tertiary/aromatic N) is 2. The van der Waals surface area contributed by atoms with E-state index < -0.39 is 34.1 Å². The van der Waals surface area contributed by atoms with Gasteiger partial charge in [0.25, 0.3) is 5.91 Å². The average molecular weight is 578 g/mol. The van der Waals surface area contributed by atoms with Crippen LogP contribution in [0.5, 0.6) is 5.75 Å². The molecule has 2 heterocycles. The predicted molar refractivity (Wildman–Crippen MR) is 152 cm³/mol. The molecule has 9 nitrogen and oxygen atoms in total. The lowest BCUT2D eigenvalue weighted by Crippen LogP contribution is -2.39. The van der Waals surface area contributed by atoms with Crippen LogP contribution in [-0.4, -0.2) is 50.6 Å². The van der Waals surface area contributed by atoms with Gasteiger partial charge in [0.1, 0.15) is 30.2 Å². The number of hydrogen-bond acceptors (Lipinski definition) is 6. The molecule has 0 spiro atoms. The highest BCUT2D eigenvalue weighted by Crippen LogP contribution is 2.37. The molecule has 2 aromatic carbocycles. The van der Waals surface area contributed by atoms with Gasteiger partial charge >= 0.3 is 16.3 Å². The van der Waals surface area contributed by atoms with Crippen molar-refractivity contribution >= 4 is 27.9 Å². The van der Waals surface area contributed by atoms with E-state index in [2.05, 4.69) is 0 Å².